The van der Waals surface area contributed by atoms with Crippen molar-refractivity contribution in [3.8, 4) is 12.1 Å². The summed E-state index contributed by atoms with van der Waals surface area (Å²) in [4.78, 5) is 31.6. The molecule has 0 radical (unpaired) electrons. The fourth-order valence-corrected chi connectivity index (χ4v) is 11.2. The normalized spacial score (nSPS) is 22.7. The number of nitrogens with zero attached hydrogens (tertiary/aromatic N) is 9. The maximum atomic E-state index is 14.9. The number of benzene rings is 3. The number of nitriles is 1. The van der Waals surface area contributed by atoms with Crippen molar-refractivity contribution in [1.29, 1.82) is 5.26 Å². The minimum Gasteiger partial charge on any atom is -0.461 e. The zero-order valence-electron chi connectivity index (χ0n) is 36.0. The molecule has 3 aromatic carbocycles. The number of halogens is 2. The smallest absolute Gasteiger partial charge is 0.318 e. The first-order chi connectivity index (χ1) is 30.6. The second-order valence-corrected chi connectivity index (χ2v) is 18.6. The summed E-state index contributed by atoms with van der Waals surface area (Å²) in [5.41, 5.74) is 7.34. The van der Waals surface area contributed by atoms with E-state index in [2.05, 4.69) is 86.5 Å². The van der Waals surface area contributed by atoms with Gasteiger partial charge in [-0.3, -0.25) is 14.4 Å². The number of rotatable bonds is 10. The molecule has 1 amide bonds. The number of ether oxygens (including phenoxy) is 2. The van der Waals surface area contributed by atoms with Gasteiger partial charge in [0.15, 0.2) is 5.69 Å². The summed E-state index contributed by atoms with van der Waals surface area (Å²) in [6, 6.07) is 28.0. The highest BCUT2D eigenvalue weighted by molar-refractivity contribution is 6.34. The number of carbonyl (C=O) groups excluding carboxylic acids is 1. The lowest BCUT2D eigenvalue weighted by molar-refractivity contribution is -0.0857. The second-order valence-electron chi connectivity index (χ2n) is 18.2. The number of hydrogen-bond acceptors (Lipinski definition) is 10. The predicted octanol–water partition coefficient (Wildman–Crippen LogP) is 7.78. The average molecular weight is 870 g/mol. The molecule has 326 valence electrons. The maximum Gasteiger partial charge on any atom is 0.318 e. The second kappa shape index (κ2) is 16.9. The van der Waals surface area contributed by atoms with Gasteiger partial charge < -0.3 is 24.2 Å². The largest absolute Gasteiger partial charge is 0.461 e. The van der Waals surface area contributed by atoms with Crippen LogP contribution in [0.5, 0.6) is 6.01 Å². The van der Waals surface area contributed by atoms with Gasteiger partial charge in [0.1, 0.15) is 30.3 Å². The van der Waals surface area contributed by atoms with Gasteiger partial charge in [0, 0.05) is 70.8 Å². The SMILES string of the molecule is CN(C)C(=O)c1nn2c(c1Cl)CN(c1nc(OC[C@@]34CCCN3C[C@H](F)C4)nc3c1COC1(CCCc4ccc(N(Cc5ccccc5)Cc5ccccc5)c(C#N)c41)C3)CCC2. The molecule has 5 aromatic rings. The first kappa shape index (κ1) is 41.5. The molecule has 12 nitrogen and oxygen atoms in total. The van der Waals surface area contributed by atoms with Gasteiger partial charge in [0.25, 0.3) is 5.91 Å². The zero-order valence-corrected chi connectivity index (χ0v) is 36.8. The lowest BCUT2D eigenvalue weighted by Crippen LogP contribution is -2.44. The molecule has 1 spiro atoms. The molecule has 2 saturated heterocycles. The Bertz CT molecular complexity index is 2530. The molecule has 3 atom stereocenters. The number of aryl methyl sites for hydroxylation is 2. The number of amides is 1. The first-order valence-corrected chi connectivity index (χ1v) is 22.7. The third-order valence-electron chi connectivity index (χ3n) is 13.9. The topological polar surface area (TPSA) is 116 Å². The molecule has 5 aliphatic rings. The van der Waals surface area contributed by atoms with E-state index in [0.29, 0.717) is 75.1 Å². The highest BCUT2D eigenvalue weighted by Gasteiger charge is 2.50. The van der Waals surface area contributed by atoms with Gasteiger partial charge in [-0.15, -0.1) is 0 Å². The van der Waals surface area contributed by atoms with Crippen molar-refractivity contribution in [2.45, 2.75) is 101 Å². The monoisotopic (exact) mass is 869 g/mol. The Hall–Kier alpha value is -5.55. The average Bonchev–Trinajstić information content (AvgIpc) is 3.87. The summed E-state index contributed by atoms with van der Waals surface area (Å²) in [6.45, 7) is 4.67. The molecule has 14 heteroatoms. The molecule has 10 rings (SSSR count). The Morgan fingerprint density at radius 2 is 1.75 bits per heavy atom. The molecule has 0 bridgehead atoms. The Morgan fingerprint density at radius 1 is 0.984 bits per heavy atom. The Kier molecular flexibility index (Phi) is 11.1. The van der Waals surface area contributed by atoms with Gasteiger partial charge >= 0.3 is 6.01 Å². The summed E-state index contributed by atoms with van der Waals surface area (Å²) in [7, 11) is 3.38. The Labute approximate surface area is 373 Å². The van der Waals surface area contributed by atoms with Crippen LogP contribution in [0.15, 0.2) is 72.8 Å². The van der Waals surface area contributed by atoms with Gasteiger partial charge in [-0.1, -0.05) is 78.3 Å². The lowest BCUT2D eigenvalue weighted by atomic mass is 9.72. The van der Waals surface area contributed by atoms with Gasteiger partial charge in [-0.2, -0.15) is 20.3 Å². The number of anilines is 2. The lowest BCUT2D eigenvalue weighted by Gasteiger charge is -2.44. The number of hydrogen-bond donors (Lipinski definition) is 0. The van der Waals surface area contributed by atoms with E-state index in [9.17, 15) is 14.4 Å². The third kappa shape index (κ3) is 7.70. The van der Waals surface area contributed by atoms with Crippen molar-refractivity contribution in [3.63, 3.8) is 0 Å². The van der Waals surface area contributed by atoms with Crippen molar-refractivity contribution in [3.05, 3.63) is 128 Å². The van der Waals surface area contributed by atoms with E-state index >= 15 is 0 Å². The summed E-state index contributed by atoms with van der Waals surface area (Å²) >= 11 is 6.96. The number of carbonyl (C=O) groups is 1. The molecular weight excluding hydrogens is 817 g/mol. The van der Waals surface area contributed by atoms with E-state index < -0.39 is 11.8 Å². The molecule has 0 saturated carbocycles. The molecule has 1 unspecified atom stereocenters. The number of aromatic nitrogens is 4. The minimum absolute atomic E-state index is 0.229. The van der Waals surface area contributed by atoms with Crippen LogP contribution >= 0.6 is 11.6 Å². The van der Waals surface area contributed by atoms with Crippen molar-refractivity contribution >= 4 is 29.0 Å². The zero-order chi connectivity index (χ0) is 43.3. The standard InChI is InChI=1S/C49H53ClFN9O3/c1-56(2)46(61)44-43(50)41-30-57(21-11-23-60(41)55-44)45-38-31-63-49(25-39(38)53-47(54-45)62-32-48-19-10-22-59(48)29-36(51)24-48)20-9-16-35-17-18-40(37(26-52)42(35)49)58(27-33-12-5-3-6-13-33)28-34-14-7-4-8-15-34/h3-8,12-15,17-18,36H,9-11,16,19-25,27-32H2,1-2H3/t36-,48+,49?/m1/s1. The Balaban J connectivity index is 1.05. The molecular formula is C49H53ClFN9O3. The van der Waals surface area contributed by atoms with Crippen LogP contribution in [0.2, 0.25) is 5.02 Å². The molecule has 0 N–H and O–H groups in total. The van der Waals surface area contributed by atoms with E-state index in [1.54, 1.807) is 14.1 Å². The van der Waals surface area contributed by atoms with Crippen LogP contribution in [-0.2, 0) is 56.0 Å². The molecule has 6 heterocycles. The van der Waals surface area contributed by atoms with E-state index in [1.165, 1.54) is 4.90 Å². The molecule has 2 aromatic heterocycles. The highest BCUT2D eigenvalue weighted by atomic mass is 35.5. The van der Waals surface area contributed by atoms with Crippen molar-refractivity contribution in [2.24, 2.45) is 0 Å². The third-order valence-corrected chi connectivity index (χ3v) is 14.3. The minimum atomic E-state index is -0.885. The summed E-state index contributed by atoms with van der Waals surface area (Å²) < 4.78 is 30.6. The molecule has 4 aliphatic heterocycles. The van der Waals surface area contributed by atoms with Crippen LogP contribution in [0.1, 0.15) is 93.8 Å². The van der Waals surface area contributed by atoms with E-state index in [0.717, 1.165) is 90.0 Å². The molecule has 63 heavy (non-hydrogen) atoms. The summed E-state index contributed by atoms with van der Waals surface area (Å²) in [5.74, 6) is 0.438. The number of fused-ring (bicyclic) bond motifs is 5. The molecule has 1 aliphatic carbocycles. The quantitative estimate of drug-likeness (QED) is 0.138. The van der Waals surface area contributed by atoms with Crippen molar-refractivity contribution in [2.75, 3.05) is 50.1 Å². The van der Waals surface area contributed by atoms with Crippen LogP contribution in [0.4, 0.5) is 15.9 Å². The van der Waals surface area contributed by atoms with Crippen molar-refractivity contribution in [1.82, 2.24) is 29.5 Å². The van der Waals surface area contributed by atoms with Crippen LogP contribution < -0.4 is 14.5 Å². The van der Waals surface area contributed by atoms with Gasteiger partial charge in [0.2, 0.25) is 0 Å². The van der Waals surface area contributed by atoms with Gasteiger partial charge in [-0.25, -0.2) is 4.39 Å². The van der Waals surface area contributed by atoms with Crippen molar-refractivity contribution < 1.29 is 18.7 Å². The fourth-order valence-electron chi connectivity index (χ4n) is 10.9. The predicted molar refractivity (Wildman–Crippen MR) is 239 cm³/mol. The van der Waals surface area contributed by atoms with Crippen LogP contribution in [0, 0.1) is 11.3 Å². The van der Waals surface area contributed by atoms with Gasteiger partial charge in [-0.05, 0) is 67.8 Å². The van der Waals surface area contributed by atoms with E-state index in [-0.39, 0.29) is 29.8 Å². The van der Waals surface area contributed by atoms with Crippen LogP contribution in [0.3, 0.4) is 0 Å². The van der Waals surface area contributed by atoms with Crippen LogP contribution in [0.25, 0.3) is 0 Å². The fraction of sp³-hybridized carbons (Fsp3) is 0.449. The first-order valence-electron chi connectivity index (χ1n) is 22.3. The van der Waals surface area contributed by atoms with Gasteiger partial charge in [0.05, 0.1) is 46.4 Å². The highest BCUT2D eigenvalue weighted by Crippen LogP contribution is 2.49. The Morgan fingerprint density at radius 3 is 2.48 bits per heavy atom. The summed E-state index contributed by atoms with van der Waals surface area (Å²) in [5, 5.41) is 16.2. The van der Waals surface area contributed by atoms with Crippen LogP contribution in [-0.4, -0.2) is 87.5 Å². The number of alkyl halides is 1. The molecule has 2 fully saturated rings. The van der Waals surface area contributed by atoms with E-state index in [4.69, 9.17) is 31.0 Å². The maximum absolute atomic E-state index is 14.9. The summed E-state index contributed by atoms with van der Waals surface area (Å²) in [6.07, 6.45) is 5.05. The van der Waals surface area contributed by atoms with E-state index in [1.807, 2.05) is 16.8 Å².